The molecule has 0 amide bonds. The van der Waals surface area contributed by atoms with Gasteiger partial charge in [-0.1, -0.05) is 42.6 Å². The molecule has 2 aliphatic heterocycles. The van der Waals surface area contributed by atoms with Crippen LogP contribution in [0.2, 0.25) is 10.0 Å². The van der Waals surface area contributed by atoms with Gasteiger partial charge in [0.25, 0.3) is 0 Å². The Kier molecular flexibility index (Phi) is 9.16. The molecule has 2 fully saturated rings. The largest absolute Gasteiger partial charge is 0.461 e. The van der Waals surface area contributed by atoms with Crippen molar-refractivity contribution in [2.45, 2.75) is 52.1 Å². The van der Waals surface area contributed by atoms with Crippen molar-refractivity contribution < 1.29 is 9.53 Å². The monoisotopic (exact) mass is 566 g/mol. The molecule has 200 valence electrons. The maximum atomic E-state index is 12.6. The Labute approximate surface area is 233 Å². The average Bonchev–Trinajstić information content (AvgIpc) is 3.24. The molecule has 2 saturated heterocycles. The number of aromatic nitrogens is 4. The van der Waals surface area contributed by atoms with Gasteiger partial charge in [0.1, 0.15) is 11.3 Å². The summed E-state index contributed by atoms with van der Waals surface area (Å²) in [6.07, 6.45) is 6.82. The summed E-state index contributed by atoms with van der Waals surface area (Å²) < 4.78 is 6.91. The number of benzene rings is 1. The number of likely N-dealkylation sites (tertiary alicyclic amines) is 1. The molecule has 0 aliphatic carbocycles. The number of fused-ring (bicyclic) bond motifs is 1. The van der Waals surface area contributed by atoms with E-state index in [0.717, 1.165) is 30.9 Å². The fourth-order valence-electron chi connectivity index (χ4n) is 5.48. The first kappa shape index (κ1) is 27.9. The molecule has 0 saturated carbocycles. The van der Waals surface area contributed by atoms with Gasteiger partial charge in [0.15, 0.2) is 11.3 Å². The van der Waals surface area contributed by atoms with Crippen molar-refractivity contribution in [3.05, 3.63) is 45.7 Å². The van der Waals surface area contributed by atoms with Gasteiger partial charge < -0.3 is 9.64 Å². The van der Waals surface area contributed by atoms with Gasteiger partial charge in [0.2, 0.25) is 0 Å². The van der Waals surface area contributed by atoms with Crippen molar-refractivity contribution in [2.24, 2.45) is 5.92 Å². The zero-order valence-corrected chi connectivity index (χ0v) is 23.5. The number of hydrogen-bond donors (Lipinski definition) is 0. The molecule has 2 atom stereocenters. The predicted molar refractivity (Wildman–Crippen MR) is 149 cm³/mol. The van der Waals surface area contributed by atoms with Gasteiger partial charge in [-0.3, -0.25) is 4.90 Å². The van der Waals surface area contributed by atoms with Gasteiger partial charge in [0.05, 0.1) is 19.3 Å². The Balaban J connectivity index is 0.00000320. The zero-order chi connectivity index (χ0) is 25.2. The Bertz CT molecular complexity index is 1250. The number of hydrogen-bond acceptors (Lipinski definition) is 7. The van der Waals surface area contributed by atoms with Crippen LogP contribution in [0.15, 0.2) is 24.4 Å². The SMILES string of the molecule is CCOC(=O)c1nn(Cc2ccc(Cl)cc2Cl)c2nc(N3CCC(N4CCCCC4)C(C)C3)cnc12.Cl. The summed E-state index contributed by atoms with van der Waals surface area (Å²) in [5, 5.41) is 5.63. The second-order valence-corrected chi connectivity index (χ2v) is 10.6. The number of esters is 1. The molecule has 3 aromatic rings. The van der Waals surface area contributed by atoms with Crippen LogP contribution in [0.4, 0.5) is 5.82 Å². The lowest BCUT2D eigenvalue weighted by atomic mass is 9.91. The minimum absolute atomic E-state index is 0. The molecule has 37 heavy (non-hydrogen) atoms. The standard InChI is InChI=1S/C26H32Cl2N6O2.ClH/c1-3-36-26(35)24-23-25(34(31-24)16-18-7-8-19(27)13-20(18)28)30-22(14-29-23)33-12-9-21(17(2)15-33)32-10-5-4-6-11-32;/h7-8,13-14,17,21H,3-6,9-12,15-16H2,1-2H3;1H. The fraction of sp³-hybridized carbons (Fsp3) is 0.538. The van der Waals surface area contributed by atoms with Crippen LogP contribution in [0.1, 0.15) is 55.6 Å². The number of ether oxygens (including phenoxy) is 1. The van der Waals surface area contributed by atoms with Crippen molar-refractivity contribution in [3.63, 3.8) is 0 Å². The second-order valence-electron chi connectivity index (χ2n) is 9.74. The number of halogens is 3. The lowest BCUT2D eigenvalue weighted by Gasteiger charge is -2.44. The first-order valence-electron chi connectivity index (χ1n) is 12.8. The normalized spacial score (nSPS) is 20.6. The highest BCUT2D eigenvalue weighted by molar-refractivity contribution is 6.35. The quantitative estimate of drug-likeness (QED) is 0.365. The van der Waals surface area contributed by atoms with E-state index in [1.165, 1.54) is 32.4 Å². The van der Waals surface area contributed by atoms with Gasteiger partial charge in [0, 0.05) is 29.2 Å². The van der Waals surface area contributed by atoms with Crippen molar-refractivity contribution in [1.82, 2.24) is 24.6 Å². The average molecular weight is 568 g/mol. The summed E-state index contributed by atoms with van der Waals surface area (Å²) >= 11 is 12.5. The number of anilines is 1. The van der Waals surface area contributed by atoms with E-state index in [1.807, 2.05) is 6.07 Å². The van der Waals surface area contributed by atoms with Crippen molar-refractivity contribution >= 4 is 58.6 Å². The molecule has 2 aromatic heterocycles. The lowest BCUT2D eigenvalue weighted by Crippen LogP contribution is -2.51. The van der Waals surface area contributed by atoms with Gasteiger partial charge in [-0.15, -0.1) is 12.4 Å². The molecular weight excluding hydrogens is 535 g/mol. The van der Waals surface area contributed by atoms with Gasteiger partial charge >= 0.3 is 5.97 Å². The molecule has 2 unspecified atom stereocenters. The van der Waals surface area contributed by atoms with Gasteiger partial charge in [-0.25, -0.2) is 19.4 Å². The number of carbonyl (C=O) groups excluding carboxylic acids is 1. The molecule has 11 heteroatoms. The third kappa shape index (κ3) is 5.98. The maximum absolute atomic E-state index is 12.6. The van der Waals surface area contributed by atoms with Crippen LogP contribution in [0.25, 0.3) is 11.2 Å². The Morgan fingerprint density at radius 1 is 1.16 bits per heavy atom. The van der Waals surface area contributed by atoms with E-state index in [4.69, 9.17) is 32.9 Å². The molecule has 0 spiro atoms. The molecule has 0 bridgehead atoms. The van der Waals surface area contributed by atoms with E-state index in [1.54, 1.807) is 29.9 Å². The van der Waals surface area contributed by atoms with E-state index < -0.39 is 5.97 Å². The molecule has 5 rings (SSSR count). The predicted octanol–water partition coefficient (Wildman–Crippen LogP) is 5.48. The maximum Gasteiger partial charge on any atom is 0.361 e. The molecular formula is C26H33Cl3N6O2. The lowest BCUT2D eigenvalue weighted by molar-refractivity contribution is 0.0520. The highest BCUT2D eigenvalue weighted by Crippen LogP contribution is 2.29. The smallest absolute Gasteiger partial charge is 0.361 e. The number of rotatable bonds is 6. The molecule has 0 radical (unpaired) electrons. The third-order valence-corrected chi connectivity index (χ3v) is 7.87. The second kappa shape index (κ2) is 12.2. The molecule has 2 aliphatic rings. The van der Waals surface area contributed by atoms with E-state index in [2.05, 4.69) is 26.8 Å². The van der Waals surface area contributed by atoms with Crippen LogP contribution in [-0.4, -0.2) is 69.4 Å². The van der Waals surface area contributed by atoms with Crippen LogP contribution in [0, 0.1) is 5.92 Å². The van der Waals surface area contributed by atoms with Crippen LogP contribution in [-0.2, 0) is 11.3 Å². The number of nitrogens with zero attached hydrogens (tertiary/aromatic N) is 6. The fourth-order valence-corrected chi connectivity index (χ4v) is 5.95. The third-order valence-electron chi connectivity index (χ3n) is 7.28. The van der Waals surface area contributed by atoms with Crippen molar-refractivity contribution in [1.29, 1.82) is 0 Å². The van der Waals surface area contributed by atoms with E-state index in [-0.39, 0.29) is 24.7 Å². The van der Waals surface area contributed by atoms with Crippen molar-refractivity contribution in [3.8, 4) is 0 Å². The highest BCUT2D eigenvalue weighted by atomic mass is 35.5. The van der Waals surface area contributed by atoms with Crippen LogP contribution < -0.4 is 4.90 Å². The van der Waals surface area contributed by atoms with Crippen molar-refractivity contribution in [2.75, 3.05) is 37.7 Å². The highest BCUT2D eigenvalue weighted by Gasteiger charge is 2.32. The van der Waals surface area contributed by atoms with E-state index in [9.17, 15) is 4.79 Å². The summed E-state index contributed by atoms with van der Waals surface area (Å²) in [7, 11) is 0. The summed E-state index contributed by atoms with van der Waals surface area (Å²) in [6, 6.07) is 5.95. The minimum Gasteiger partial charge on any atom is -0.461 e. The minimum atomic E-state index is -0.513. The summed E-state index contributed by atoms with van der Waals surface area (Å²) in [5.74, 6) is 0.814. The molecule has 8 nitrogen and oxygen atoms in total. The molecule has 4 heterocycles. The van der Waals surface area contributed by atoms with Crippen LogP contribution >= 0.6 is 35.6 Å². The zero-order valence-electron chi connectivity index (χ0n) is 21.2. The summed E-state index contributed by atoms with van der Waals surface area (Å²) in [4.78, 5) is 27.2. The number of piperidine rings is 2. The van der Waals surface area contributed by atoms with E-state index in [0.29, 0.717) is 39.7 Å². The Hall–Kier alpha value is -2.13. The summed E-state index contributed by atoms with van der Waals surface area (Å²) in [6.45, 7) is 8.96. The first-order chi connectivity index (χ1) is 17.4. The molecule has 0 N–H and O–H groups in total. The molecule has 1 aromatic carbocycles. The Morgan fingerprint density at radius 3 is 2.65 bits per heavy atom. The van der Waals surface area contributed by atoms with E-state index >= 15 is 0 Å². The number of carbonyl (C=O) groups is 1. The summed E-state index contributed by atoms with van der Waals surface area (Å²) in [5.41, 5.74) is 1.95. The topological polar surface area (TPSA) is 76.4 Å². The van der Waals surface area contributed by atoms with Gasteiger partial charge in [-0.2, -0.15) is 5.10 Å². The Morgan fingerprint density at radius 2 is 1.95 bits per heavy atom. The first-order valence-corrected chi connectivity index (χ1v) is 13.5. The van der Waals surface area contributed by atoms with Crippen LogP contribution in [0.3, 0.4) is 0 Å². The van der Waals surface area contributed by atoms with Gasteiger partial charge in [-0.05, 0) is 62.9 Å². The van der Waals surface area contributed by atoms with Crippen LogP contribution in [0.5, 0.6) is 0 Å².